The van der Waals surface area contributed by atoms with Gasteiger partial charge in [0.25, 0.3) is 0 Å². The zero-order valence-corrected chi connectivity index (χ0v) is 12.6. The number of amides is 1. The lowest BCUT2D eigenvalue weighted by molar-refractivity contribution is -0.137. The predicted molar refractivity (Wildman–Crippen MR) is 78.5 cm³/mol. The summed E-state index contributed by atoms with van der Waals surface area (Å²) in [5, 5.41) is 11.5. The number of aliphatic carboxylic acids is 1. The first kappa shape index (κ1) is 17.1. The van der Waals surface area contributed by atoms with Crippen molar-refractivity contribution in [2.24, 2.45) is 0 Å². The molecule has 1 atom stereocenters. The summed E-state index contributed by atoms with van der Waals surface area (Å²) in [6.07, 6.45) is 0.606. The second-order valence-corrected chi connectivity index (χ2v) is 5.99. The average Bonchev–Trinajstić information content (AvgIpc) is 2.35. The number of hydrogen-bond donors (Lipinski definition) is 2. The van der Waals surface area contributed by atoms with Crippen molar-refractivity contribution < 1.29 is 19.1 Å². The van der Waals surface area contributed by atoms with Gasteiger partial charge in [0, 0.05) is 18.4 Å². The highest BCUT2D eigenvalue weighted by Gasteiger charge is 2.22. The Hall–Kier alpha value is -1.91. The third-order valence-corrected chi connectivity index (χ3v) is 3.35. The van der Waals surface area contributed by atoms with E-state index in [4.69, 9.17) is 5.11 Å². The summed E-state index contributed by atoms with van der Waals surface area (Å²) in [5.74, 6) is -1.47. The molecule has 5 heteroatoms. The van der Waals surface area contributed by atoms with Crippen LogP contribution in [0.25, 0.3) is 0 Å². The van der Waals surface area contributed by atoms with Crippen LogP contribution in [-0.2, 0) is 9.59 Å². The normalized spacial score (nSPS) is 12.8. The monoisotopic (exact) mass is 295 g/mol. The first-order valence-corrected chi connectivity index (χ1v) is 6.98. The van der Waals surface area contributed by atoms with Crippen molar-refractivity contribution in [3.8, 4) is 0 Å². The molecule has 1 aromatic rings. The van der Waals surface area contributed by atoms with E-state index in [2.05, 4.69) is 5.32 Å². The van der Waals surface area contributed by atoms with Crippen LogP contribution in [0.15, 0.2) is 24.3 Å². The molecule has 0 saturated heterocycles. The van der Waals surface area contributed by atoms with Crippen molar-refractivity contribution >= 4 is 11.9 Å². The van der Waals surface area contributed by atoms with Crippen LogP contribution in [0.2, 0.25) is 0 Å². The summed E-state index contributed by atoms with van der Waals surface area (Å²) in [6, 6.07) is 6.20. The van der Waals surface area contributed by atoms with Crippen LogP contribution < -0.4 is 5.32 Å². The molecule has 0 aliphatic carbocycles. The van der Waals surface area contributed by atoms with Crippen LogP contribution in [-0.4, -0.2) is 22.5 Å². The smallest absolute Gasteiger partial charge is 0.303 e. The van der Waals surface area contributed by atoms with Crippen LogP contribution in [0.4, 0.5) is 4.39 Å². The Morgan fingerprint density at radius 2 is 2.05 bits per heavy atom. The highest BCUT2D eigenvalue weighted by Crippen LogP contribution is 2.20. The van der Waals surface area contributed by atoms with Crippen LogP contribution in [0.5, 0.6) is 0 Å². The molecule has 1 unspecified atom stereocenters. The van der Waals surface area contributed by atoms with Gasteiger partial charge in [0.05, 0.1) is 0 Å². The number of carbonyl (C=O) groups excluding carboxylic acids is 1. The number of halogens is 1. The Labute approximate surface area is 124 Å². The summed E-state index contributed by atoms with van der Waals surface area (Å²) in [4.78, 5) is 22.6. The molecule has 2 N–H and O–H groups in total. The average molecular weight is 295 g/mol. The lowest BCUT2D eigenvalue weighted by Crippen LogP contribution is -2.44. The maximum atomic E-state index is 13.2. The lowest BCUT2D eigenvalue weighted by Gasteiger charge is -2.26. The van der Waals surface area contributed by atoms with Gasteiger partial charge < -0.3 is 10.4 Å². The van der Waals surface area contributed by atoms with Gasteiger partial charge in [0.2, 0.25) is 5.91 Å². The third kappa shape index (κ3) is 6.38. The molecule has 0 spiro atoms. The molecule has 0 aliphatic heterocycles. The molecule has 116 valence electrons. The van der Waals surface area contributed by atoms with Crippen molar-refractivity contribution in [3.05, 3.63) is 35.6 Å². The van der Waals surface area contributed by atoms with Crippen molar-refractivity contribution in [2.75, 3.05) is 0 Å². The second-order valence-electron chi connectivity index (χ2n) is 5.99. The summed E-state index contributed by atoms with van der Waals surface area (Å²) < 4.78 is 13.2. The standard InChI is InChI=1S/C16H22FNO3/c1-11(12-5-4-6-13(17)10-12)9-14(19)18-16(2,3)8-7-15(20)21/h4-6,10-11H,7-9H2,1-3H3,(H,18,19)(H,20,21). The van der Waals surface area contributed by atoms with Gasteiger partial charge in [-0.25, -0.2) is 4.39 Å². The largest absolute Gasteiger partial charge is 0.481 e. The molecule has 0 radical (unpaired) electrons. The van der Waals surface area contributed by atoms with E-state index in [0.29, 0.717) is 6.42 Å². The highest BCUT2D eigenvalue weighted by atomic mass is 19.1. The molecule has 0 fully saturated rings. The quantitative estimate of drug-likeness (QED) is 0.812. The van der Waals surface area contributed by atoms with E-state index in [1.54, 1.807) is 26.0 Å². The van der Waals surface area contributed by atoms with E-state index in [1.807, 2.05) is 6.92 Å². The van der Waals surface area contributed by atoms with Crippen molar-refractivity contribution in [1.29, 1.82) is 0 Å². The summed E-state index contributed by atoms with van der Waals surface area (Å²) >= 11 is 0. The van der Waals surface area contributed by atoms with E-state index in [-0.39, 0.29) is 30.5 Å². The molecular weight excluding hydrogens is 273 g/mol. The summed E-state index contributed by atoms with van der Waals surface area (Å²) in [7, 11) is 0. The molecule has 4 nitrogen and oxygen atoms in total. The van der Waals surface area contributed by atoms with Crippen molar-refractivity contribution in [3.63, 3.8) is 0 Å². The molecule has 1 aromatic carbocycles. The Bertz CT molecular complexity index is 514. The number of carbonyl (C=O) groups is 2. The zero-order chi connectivity index (χ0) is 16.0. The summed E-state index contributed by atoms with van der Waals surface area (Å²) in [5.41, 5.74) is 0.199. The Kier molecular flexibility index (Phi) is 5.88. The fourth-order valence-electron chi connectivity index (χ4n) is 2.12. The van der Waals surface area contributed by atoms with Crippen LogP contribution in [0.3, 0.4) is 0 Å². The van der Waals surface area contributed by atoms with E-state index in [0.717, 1.165) is 5.56 Å². The lowest BCUT2D eigenvalue weighted by atomic mass is 9.95. The van der Waals surface area contributed by atoms with Crippen molar-refractivity contribution in [1.82, 2.24) is 5.32 Å². The van der Waals surface area contributed by atoms with Gasteiger partial charge >= 0.3 is 5.97 Å². The van der Waals surface area contributed by atoms with E-state index < -0.39 is 11.5 Å². The molecule has 0 aromatic heterocycles. The molecule has 1 rings (SSSR count). The van der Waals surface area contributed by atoms with Gasteiger partial charge in [0.15, 0.2) is 0 Å². The maximum Gasteiger partial charge on any atom is 0.303 e. The van der Waals surface area contributed by atoms with Gasteiger partial charge in [-0.05, 0) is 43.9 Å². The molecular formula is C16H22FNO3. The van der Waals surface area contributed by atoms with Crippen molar-refractivity contribution in [2.45, 2.75) is 51.5 Å². The van der Waals surface area contributed by atoms with Gasteiger partial charge in [-0.1, -0.05) is 19.1 Å². The molecule has 0 bridgehead atoms. The zero-order valence-electron chi connectivity index (χ0n) is 12.6. The first-order valence-electron chi connectivity index (χ1n) is 6.98. The molecule has 21 heavy (non-hydrogen) atoms. The van der Waals surface area contributed by atoms with E-state index in [9.17, 15) is 14.0 Å². The van der Waals surface area contributed by atoms with Gasteiger partial charge in [-0.15, -0.1) is 0 Å². The van der Waals surface area contributed by atoms with Crippen LogP contribution in [0.1, 0.15) is 51.5 Å². The van der Waals surface area contributed by atoms with E-state index in [1.165, 1.54) is 12.1 Å². The Morgan fingerprint density at radius 1 is 1.38 bits per heavy atom. The molecule has 1 amide bonds. The second kappa shape index (κ2) is 7.20. The van der Waals surface area contributed by atoms with Gasteiger partial charge in [-0.2, -0.15) is 0 Å². The van der Waals surface area contributed by atoms with Crippen LogP contribution in [0, 0.1) is 5.82 Å². The fourth-order valence-corrected chi connectivity index (χ4v) is 2.12. The minimum Gasteiger partial charge on any atom is -0.481 e. The van der Waals surface area contributed by atoms with Gasteiger partial charge in [-0.3, -0.25) is 9.59 Å². The molecule has 0 saturated carbocycles. The predicted octanol–water partition coefficient (Wildman–Crippen LogP) is 3.08. The number of benzene rings is 1. The minimum absolute atomic E-state index is 0.00668. The first-order chi connectivity index (χ1) is 9.69. The SMILES string of the molecule is CC(CC(=O)NC(C)(C)CCC(=O)O)c1cccc(F)c1. The summed E-state index contributed by atoms with van der Waals surface area (Å²) in [6.45, 7) is 5.44. The molecule has 0 aliphatic rings. The third-order valence-electron chi connectivity index (χ3n) is 3.35. The van der Waals surface area contributed by atoms with Gasteiger partial charge in [0.1, 0.15) is 5.82 Å². The number of hydrogen-bond acceptors (Lipinski definition) is 2. The number of rotatable bonds is 7. The topological polar surface area (TPSA) is 66.4 Å². The maximum absolute atomic E-state index is 13.2. The minimum atomic E-state index is -0.884. The highest BCUT2D eigenvalue weighted by molar-refractivity contribution is 5.77. The number of nitrogens with one attached hydrogen (secondary N) is 1. The number of carboxylic acids is 1. The fraction of sp³-hybridized carbons (Fsp3) is 0.500. The Morgan fingerprint density at radius 3 is 2.62 bits per heavy atom. The number of carboxylic acid groups (broad SMARTS) is 1. The van der Waals surface area contributed by atoms with Crippen LogP contribution >= 0.6 is 0 Å². The van der Waals surface area contributed by atoms with E-state index >= 15 is 0 Å². The molecule has 0 heterocycles. The Balaban J connectivity index is 2.54.